The predicted octanol–water partition coefficient (Wildman–Crippen LogP) is 4.63. The molecule has 0 fully saturated rings. The van der Waals surface area contributed by atoms with Gasteiger partial charge in [-0.25, -0.2) is 4.39 Å². The predicted molar refractivity (Wildman–Crippen MR) is 92.1 cm³/mol. The molecule has 0 aliphatic carbocycles. The number of nitrogens with zero attached hydrogens (tertiary/aromatic N) is 2. The zero-order valence-corrected chi connectivity index (χ0v) is 13.9. The van der Waals surface area contributed by atoms with Crippen LogP contribution in [0.25, 0.3) is 0 Å². The lowest BCUT2D eigenvalue weighted by Crippen LogP contribution is -2.11. The molecule has 24 heavy (non-hydrogen) atoms. The Kier molecular flexibility index (Phi) is 4.83. The zero-order valence-electron chi connectivity index (χ0n) is 12.3. The third-order valence-corrected chi connectivity index (χ3v) is 4.04. The third-order valence-electron chi connectivity index (χ3n) is 3.36. The van der Waals surface area contributed by atoms with Crippen LogP contribution in [0, 0.1) is 5.82 Å². The number of aromatic nitrogens is 2. The monoisotopic (exact) mass is 363 g/mol. The van der Waals surface area contributed by atoms with Crippen LogP contribution in [0.4, 0.5) is 10.1 Å². The first-order chi connectivity index (χ1) is 11.5. The lowest BCUT2D eigenvalue weighted by atomic mass is 10.2. The van der Waals surface area contributed by atoms with Crippen molar-refractivity contribution in [2.45, 2.75) is 6.54 Å². The molecule has 0 aliphatic rings. The number of hydrogen-bond acceptors (Lipinski definition) is 2. The van der Waals surface area contributed by atoms with Gasteiger partial charge in [-0.15, -0.1) is 0 Å². The molecule has 7 heteroatoms. The van der Waals surface area contributed by atoms with E-state index in [9.17, 15) is 9.18 Å². The van der Waals surface area contributed by atoms with E-state index < -0.39 is 5.82 Å². The third kappa shape index (κ3) is 3.75. The summed E-state index contributed by atoms with van der Waals surface area (Å²) in [6, 6.07) is 11.0. The summed E-state index contributed by atoms with van der Waals surface area (Å²) in [5.74, 6) is -0.711. The van der Waals surface area contributed by atoms with Gasteiger partial charge in [-0.3, -0.25) is 9.48 Å². The Morgan fingerprint density at radius 2 is 1.96 bits per heavy atom. The Morgan fingerprint density at radius 3 is 2.71 bits per heavy atom. The molecule has 0 spiro atoms. The van der Waals surface area contributed by atoms with Crippen LogP contribution < -0.4 is 5.32 Å². The summed E-state index contributed by atoms with van der Waals surface area (Å²) in [4.78, 5) is 12.2. The molecule has 0 atom stereocenters. The standard InChI is InChI=1S/C17H12Cl2FN3O/c18-15-4-2-1-3-14(15)17(24)22-13-8-21-23(10-13)9-11-5-6-12(20)7-16(11)19/h1-8,10H,9H2,(H,22,24). The highest BCUT2D eigenvalue weighted by atomic mass is 35.5. The van der Waals surface area contributed by atoms with Crippen LogP contribution in [0.2, 0.25) is 10.0 Å². The molecule has 2 aromatic carbocycles. The van der Waals surface area contributed by atoms with Crippen LogP contribution in [0.3, 0.4) is 0 Å². The Labute approximate surface area is 147 Å². The van der Waals surface area contributed by atoms with E-state index in [0.29, 0.717) is 27.8 Å². The fraction of sp³-hybridized carbons (Fsp3) is 0.0588. The van der Waals surface area contributed by atoms with Crippen molar-refractivity contribution in [3.8, 4) is 0 Å². The molecule has 1 aromatic heterocycles. The average Bonchev–Trinajstić information content (AvgIpc) is 2.97. The van der Waals surface area contributed by atoms with E-state index in [2.05, 4.69) is 10.4 Å². The Hall–Kier alpha value is -2.37. The van der Waals surface area contributed by atoms with Gasteiger partial charge in [-0.05, 0) is 29.8 Å². The van der Waals surface area contributed by atoms with Crippen molar-refractivity contribution in [1.29, 1.82) is 0 Å². The fourth-order valence-corrected chi connectivity index (χ4v) is 2.63. The molecular formula is C17H12Cl2FN3O. The molecule has 0 radical (unpaired) electrons. The molecule has 3 rings (SSSR count). The summed E-state index contributed by atoms with van der Waals surface area (Å²) >= 11 is 12.0. The normalized spacial score (nSPS) is 10.6. The molecule has 0 saturated carbocycles. The van der Waals surface area contributed by atoms with Crippen LogP contribution in [0.15, 0.2) is 54.9 Å². The van der Waals surface area contributed by atoms with Gasteiger partial charge in [0.15, 0.2) is 0 Å². The summed E-state index contributed by atoms with van der Waals surface area (Å²) in [7, 11) is 0. The number of anilines is 1. The number of nitrogens with one attached hydrogen (secondary N) is 1. The van der Waals surface area contributed by atoms with E-state index in [1.807, 2.05) is 0 Å². The lowest BCUT2D eigenvalue weighted by Gasteiger charge is -2.05. The van der Waals surface area contributed by atoms with Gasteiger partial charge in [0.1, 0.15) is 5.82 Å². The fourth-order valence-electron chi connectivity index (χ4n) is 2.18. The summed E-state index contributed by atoms with van der Waals surface area (Å²) < 4.78 is 14.7. The van der Waals surface area contributed by atoms with Gasteiger partial charge >= 0.3 is 0 Å². The minimum absolute atomic E-state index is 0.319. The van der Waals surface area contributed by atoms with Crippen LogP contribution in [-0.2, 0) is 6.54 Å². The molecule has 0 unspecified atom stereocenters. The highest BCUT2D eigenvalue weighted by molar-refractivity contribution is 6.34. The van der Waals surface area contributed by atoms with E-state index in [1.54, 1.807) is 41.2 Å². The average molecular weight is 364 g/mol. The van der Waals surface area contributed by atoms with Crippen LogP contribution in [-0.4, -0.2) is 15.7 Å². The van der Waals surface area contributed by atoms with Gasteiger partial charge in [-0.1, -0.05) is 41.4 Å². The summed E-state index contributed by atoms with van der Waals surface area (Å²) in [6.07, 6.45) is 3.18. The maximum atomic E-state index is 13.1. The molecule has 3 aromatic rings. The van der Waals surface area contributed by atoms with Crippen molar-refractivity contribution in [3.05, 3.63) is 81.8 Å². The minimum atomic E-state index is -0.392. The molecule has 0 saturated heterocycles. The maximum Gasteiger partial charge on any atom is 0.257 e. The van der Waals surface area contributed by atoms with Gasteiger partial charge in [0.25, 0.3) is 5.91 Å². The molecule has 0 bridgehead atoms. The van der Waals surface area contributed by atoms with E-state index in [1.165, 1.54) is 18.3 Å². The molecule has 1 heterocycles. The van der Waals surface area contributed by atoms with Crippen molar-refractivity contribution in [2.75, 3.05) is 5.32 Å². The zero-order chi connectivity index (χ0) is 17.1. The van der Waals surface area contributed by atoms with E-state index >= 15 is 0 Å². The second-order valence-electron chi connectivity index (χ2n) is 5.10. The van der Waals surface area contributed by atoms with Crippen LogP contribution in [0.1, 0.15) is 15.9 Å². The van der Waals surface area contributed by atoms with Crippen molar-refractivity contribution in [1.82, 2.24) is 9.78 Å². The second-order valence-corrected chi connectivity index (χ2v) is 5.91. The number of rotatable bonds is 4. The van der Waals surface area contributed by atoms with Gasteiger partial charge in [0, 0.05) is 11.2 Å². The molecule has 0 aliphatic heterocycles. The summed E-state index contributed by atoms with van der Waals surface area (Å²) in [6.45, 7) is 0.362. The van der Waals surface area contributed by atoms with Crippen molar-refractivity contribution in [2.24, 2.45) is 0 Å². The van der Waals surface area contributed by atoms with Gasteiger partial charge in [0.2, 0.25) is 0 Å². The van der Waals surface area contributed by atoms with Crippen LogP contribution >= 0.6 is 23.2 Å². The first-order valence-electron chi connectivity index (χ1n) is 7.05. The van der Waals surface area contributed by atoms with E-state index in [0.717, 1.165) is 5.56 Å². The number of hydrogen-bond donors (Lipinski definition) is 1. The molecule has 122 valence electrons. The summed E-state index contributed by atoms with van der Waals surface area (Å²) in [5.41, 5.74) is 1.64. The maximum absolute atomic E-state index is 13.1. The number of halogens is 3. The second kappa shape index (κ2) is 7.03. The topological polar surface area (TPSA) is 46.9 Å². The first-order valence-corrected chi connectivity index (χ1v) is 7.81. The number of carbonyl (C=O) groups is 1. The quantitative estimate of drug-likeness (QED) is 0.734. The molecule has 1 N–H and O–H groups in total. The Morgan fingerprint density at radius 1 is 1.17 bits per heavy atom. The van der Waals surface area contributed by atoms with Gasteiger partial charge < -0.3 is 5.32 Å². The van der Waals surface area contributed by atoms with Gasteiger partial charge in [-0.2, -0.15) is 5.10 Å². The lowest BCUT2D eigenvalue weighted by molar-refractivity contribution is 0.102. The summed E-state index contributed by atoms with van der Waals surface area (Å²) in [5, 5.41) is 7.59. The molecule has 4 nitrogen and oxygen atoms in total. The Bertz CT molecular complexity index is 895. The smallest absolute Gasteiger partial charge is 0.257 e. The first kappa shape index (κ1) is 16.5. The molecular weight excluding hydrogens is 352 g/mol. The SMILES string of the molecule is O=C(Nc1cnn(Cc2ccc(F)cc2Cl)c1)c1ccccc1Cl. The Balaban J connectivity index is 1.72. The van der Waals surface area contributed by atoms with Crippen molar-refractivity contribution >= 4 is 34.8 Å². The highest BCUT2D eigenvalue weighted by Gasteiger charge is 2.11. The van der Waals surface area contributed by atoms with E-state index in [-0.39, 0.29) is 5.91 Å². The van der Waals surface area contributed by atoms with E-state index in [4.69, 9.17) is 23.2 Å². The number of carbonyl (C=O) groups excluding carboxylic acids is 1. The molecule has 1 amide bonds. The largest absolute Gasteiger partial charge is 0.319 e. The number of benzene rings is 2. The van der Waals surface area contributed by atoms with Gasteiger partial charge in [0.05, 0.1) is 29.0 Å². The van der Waals surface area contributed by atoms with Crippen molar-refractivity contribution in [3.63, 3.8) is 0 Å². The van der Waals surface area contributed by atoms with Crippen LogP contribution in [0.5, 0.6) is 0 Å². The van der Waals surface area contributed by atoms with Crippen molar-refractivity contribution < 1.29 is 9.18 Å². The number of amides is 1. The highest BCUT2D eigenvalue weighted by Crippen LogP contribution is 2.20. The minimum Gasteiger partial charge on any atom is -0.319 e.